The van der Waals surface area contributed by atoms with Crippen LogP contribution in [0.4, 0.5) is 0 Å². The lowest BCUT2D eigenvalue weighted by molar-refractivity contribution is 0.898. The molecule has 0 aromatic carbocycles. The lowest BCUT2D eigenvalue weighted by Crippen LogP contribution is -1.93. The van der Waals surface area contributed by atoms with Crippen LogP contribution in [0, 0.1) is 20.8 Å². The molecule has 0 saturated carbocycles. The molecule has 0 spiro atoms. The third-order valence-corrected chi connectivity index (χ3v) is 2.86. The summed E-state index contributed by atoms with van der Waals surface area (Å²) < 4.78 is 0. The van der Waals surface area contributed by atoms with Crippen molar-refractivity contribution >= 4 is 11.8 Å². The first-order valence-electron chi connectivity index (χ1n) is 5.06. The van der Waals surface area contributed by atoms with Gasteiger partial charge in [0.2, 0.25) is 0 Å². The normalized spacial score (nSPS) is 10.4. The number of aryl methyl sites for hydroxylation is 3. The summed E-state index contributed by atoms with van der Waals surface area (Å²) in [4.78, 5) is 13.0. The van der Waals surface area contributed by atoms with Gasteiger partial charge in [0.1, 0.15) is 5.03 Å². The van der Waals surface area contributed by atoms with Crippen LogP contribution in [0.3, 0.4) is 0 Å². The molecule has 0 N–H and O–H groups in total. The number of hydrogen-bond acceptors (Lipinski definition) is 4. The van der Waals surface area contributed by atoms with Gasteiger partial charge in [-0.15, -0.1) is 0 Å². The average Bonchev–Trinajstić information content (AvgIpc) is 2.20. The molecule has 0 aliphatic heterocycles. The second-order valence-electron chi connectivity index (χ2n) is 3.71. The smallest absolute Gasteiger partial charge is 0.194 e. The highest BCUT2D eigenvalue weighted by Gasteiger charge is 2.03. The van der Waals surface area contributed by atoms with Crippen molar-refractivity contribution in [3.05, 3.63) is 41.3 Å². The third kappa shape index (κ3) is 2.79. The van der Waals surface area contributed by atoms with E-state index in [1.54, 1.807) is 0 Å². The SMILES string of the molecule is Cc1ccc(Sc2nc(C)cc(C)n2)nc1. The molecular formula is C12H13N3S. The van der Waals surface area contributed by atoms with Crippen molar-refractivity contribution in [2.75, 3.05) is 0 Å². The lowest BCUT2D eigenvalue weighted by Gasteiger charge is -2.02. The Labute approximate surface area is 99.4 Å². The highest BCUT2D eigenvalue weighted by Crippen LogP contribution is 2.22. The third-order valence-electron chi connectivity index (χ3n) is 2.04. The Morgan fingerprint density at radius 2 is 1.69 bits per heavy atom. The summed E-state index contributed by atoms with van der Waals surface area (Å²) in [6.07, 6.45) is 1.85. The van der Waals surface area contributed by atoms with Gasteiger partial charge in [0.25, 0.3) is 0 Å². The highest BCUT2D eigenvalue weighted by molar-refractivity contribution is 7.99. The average molecular weight is 231 g/mol. The molecule has 4 heteroatoms. The lowest BCUT2D eigenvalue weighted by atomic mass is 10.3. The Kier molecular flexibility index (Phi) is 3.19. The van der Waals surface area contributed by atoms with Crippen molar-refractivity contribution in [3.63, 3.8) is 0 Å². The first kappa shape index (κ1) is 11.1. The maximum Gasteiger partial charge on any atom is 0.194 e. The van der Waals surface area contributed by atoms with E-state index in [0.717, 1.165) is 27.1 Å². The number of nitrogens with zero attached hydrogens (tertiary/aromatic N) is 3. The van der Waals surface area contributed by atoms with Gasteiger partial charge in [0.05, 0.1) is 0 Å². The molecule has 0 atom stereocenters. The standard InChI is InChI=1S/C12H13N3S/c1-8-4-5-11(13-7-8)16-12-14-9(2)6-10(3)15-12/h4-7H,1-3H3. The number of rotatable bonds is 2. The zero-order valence-corrected chi connectivity index (χ0v) is 10.4. The van der Waals surface area contributed by atoms with Crippen LogP contribution in [-0.4, -0.2) is 15.0 Å². The zero-order valence-electron chi connectivity index (χ0n) is 9.56. The van der Waals surface area contributed by atoms with Crippen molar-refractivity contribution in [2.24, 2.45) is 0 Å². The Morgan fingerprint density at radius 1 is 1.00 bits per heavy atom. The van der Waals surface area contributed by atoms with Gasteiger partial charge >= 0.3 is 0 Å². The quantitative estimate of drug-likeness (QED) is 0.745. The topological polar surface area (TPSA) is 38.7 Å². The molecule has 0 bridgehead atoms. The van der Waals surface area contributed by atoms with E-state index in [0.29, 0.717) is 0 Å². The summed E-state index contributed by atoms with van der Waals surface area (Å²) in [5, 5.41) is 1.68. The van der Waals surface area contributed by atoms with Crippen molar-refractivity contribution in [1.29, 1.82) is 0 Å². The van der Waals surface area contributed by atoms with Crippen LogP contribution in [0.1, 0.15) is 17.0 Å². The van der Waals surface area contributed by atoms with E-state index < -0.39 is 0 Å². The Morgan fingerprint density at radius 3 is 2.25 bits per heavy atom. The van der Waals surface area contributed by atoms with Crippen LogP contribution in [0.25, 0.3) is 0 Å². The molecule has 82 valence electrons. The summed E-state index contributed by atoms with van der Waals surface area (Å²) in [7, 11) is 0. The van der Waals surface area contributed by atoms with E-state index in [9.17, 15) is 0 Å². The molecule has 0 saturated heterocycles. The van der Waals surface area contributed by atoms with E-state index in [2.05, 4.69) is 15.0 Å². The number of pyridine rings is 1. The maximum atomic E-state index is 4.36. The molecule has 0 fully saturated rings. The zero-order chi connectivity index (χ0) is 11.5. The van der Waals surface area contributed by atoms with Crippen molar-refractivity contribution in [1.82, 2.24) is 15.0 Å². The van der Waals surface area contributed by atoms with Crippen LogP contribution >= 0.6 is 11.8 Å². The molecule has 0 radical (unpaired) electrons. The fourth-order valence-corrected chi connectivity index (χ4v) is 2.16. The second kappa shape index (κ2) is 4.61. The van der Waals surface area contributed by atoms with Gasteiger partial charge < -0.3 is 0 Å². The van der Waals surface area contributed by atoms with Crippen molar-refractivity contribution < 1.29 is 0 Å². The summed E-state index contributed by atoms with van der Waals surface area (Å²) in [6, 6.07) is 5.99. The monoisotopic (exact) mass is 231 g/mol. The molecule has 0 aliphatic rings. The Balaban J connectivity index is 2.23. The molecule has 0 unspecified atom stereocenters. The minimum atomic E-state index is 0.758. The predicted octanol–water partition coefficient (Wildman–Crippen LogP) is 2.95. The molecule has 0 aliphatic carbocycles. The van der Waals surface area contributed by atoms with Crippen LogP contribution in [0.5, 0.6) is 0 Å². The first-order valence-corrected chi connectivity index (χ1v) is 5.88. The van der Waals surface area contributed by atoms with E-state index in [1.165, 1.54) is 11.8 Å². The molecule has 0 amide bonds. The molecule has 3 nitrogen and oxygen atoms in total. The van der Waals surface area contributed by atoms with E-state index in [-0.39, 0.29) is 0 Å². The van der Waals surface area contributed by atoms with E-state index >= 15 is 0 Å². The minimum absolute atomic E-state index is 0.758. The van der Waals surface area contributed by atoms with Gasteiger partial charge in [-0.05, 0) is 50.2 Å². The van der Waals surface area contributed by atoms with Crippen molar-refractivity contribution in [2.45, 2.75) is 31.0 Å². The van der Waals surface area contributed by atoms with Crippen LogP contribution in [0.15, 0.2) is 34.6 Å². The summed E-state index contributed by atoms with van der Waals surface area (Å²) in [5.74, 6) is 0. The van der Waals surface area contributed by atoms with Gasteiger partial charge in [0.15, 0.2) is 5.16 Å². The fraction of sp³-hybridized carbons (Fsp3) is 0.250. The Hall–Kier alpha value is -1.42. The van der Waals surface area contributed by atoms with Crippen molar-refractivity contribution in [3.8, 4) is 0 Å². The van der Waals surface area contributed by atoms with Gasteiger partial charge in [-0.3, -0.25) is 0 Å². The minimum Gasteiger partial charge on any atom is -0.249 e. The molecule has 16 heavy (non-hydrogen) atoms. The molecule has 2 rings (SSSR count). The molecule has 2 heterocycles. The molecular weight excluding hydrogens is 218 g/mol. The molecule has 2 aromatic heterocycles. The maximum absolute atomic E-state index is 4.36. The summed E-state index contributed by atoms with van der Waals surface area (Å²) >= 11 is 1.49. The van der Waals surface area contributed by atoms with Gasteiger partial charge in [-0.25, -0.2) is 15.0 Å². The second-order valence-corrected chi connectivity index (χ2v) is 4.70. The van der Waals surface area contributed by atoms with Gasteiger partial charge in [0, 0.05) is 17.6 Å². The van der Waals surface area contributed by atoms with Crippen LogP contribution in [-0.2, 0) is 0 Å². The largest absolute Gasteiger partial charge is 0.249 e. The molecule has 2 aromatic rings. The van der Waals surface area contributed by atoms with Crippen LogP contribution < -0.4 is 0 Å². The Bertz CT molecular complexity index is 474. The van der Waals surface area contributed by atoms with Gasteiger partial charge in [-0.2, -0.15) is 0 Å². The number of aromatic nitrogens is 3. The van der Waals surface area contributed by atoms with Crippen LogP contribution in [0.2, 0.25) is 0 Å². The van der Waals surface area contributed by atoms with Gasteiger partial charge in [-0.1, -0.05) is 6.07 Å². The highest BCUT2D eigenvalue weighted by atomic mass is 32.2. The number of hydrogen-bond donors (Lipinski definition) is 0. The van der Waals surface area contributed by atoms with E-state index in [4.69, 9.17) is 0 Å². The van der Waals surface area contributed by atoms with E-state index in [1.807, 2.05) is 45.2 Å². The first-order chi connectivity index (χ1) is 7.63. The fourth-order valence-electron chi connectivity index (χ4n) is 1.35. The summed E-state index contributed by atoms with van der Waals surface area (Å²) in [6.45, 7) is 5.97. The summed E-state index contributed by atoms with van der Waals surface area (Å²) in [5.41, 5.74) is 3.13. The predicted molar refractivity (Wildman–Crippen MR) is 64.6 cm³/mol.